The lowest BCUT2D eigenvalue weighted by Gasteiger charge is -2.16. The Morgan fingerprint density at radius 1 is 1.21 bits per heavy atom. The van der Waals surface area contributed by atoms with Gasteiger partial charge in [0.05, 0.1) is 6.61 Å². The SMILES string of the molecule is COCCN(C)CCNCc1ccc(C2CC2)cc1. The molecule has 0 heterocycles. The van der Waals surface area contributed by atoms with E-state index in [1.54, 1.807) is 7.11 Å². The maximum absolute atomic E-state index is 5.06. The fourth-order valence-electron chi connectivity index (χ4n) is 2.19. The van der Waals surface area contributed by atoms with E-state index >= 15 is 0 Å². The number of nitrogens with zero attached hydrogens (tertiary/aromatic N) is 1. The predicted molar refractivity (Wildman–Crippen MR) is 79.5 cm³/mol. The van der Waals surface area contributed by atoms with Crippen molar-refractivity contribution in [3.8, 4) is 0 Å². The molecule has 106 valence electrons. The smallest absolute Gasteiger partial charge is 0.0589 e. The molecule has 2 rings (SSSR count). The highest BCUT2D eigenvalue weighted by Crippen LogP contribution is 2.39. The van der Waals surface area contributed by atoms with Crippen molar-refractivity contribution in [1.29, 1.82) is 0 Å². The van der Waals surface area contributed by atoms with Crippen molar-refractivity contribution < 1.29 is 4.74 Å². The van der Waals surface area contributed by atoms with E-state index in [1.165, 1.54) is 24.0 Å². The molecule has 0 radical (unpaired) electrons. The third kappa shape index (κ3) is 5.31. The van der Waals surface area contributed by atoms with Gasteiger partial charge in [0, 0.05) is 33.3 Å². The van der Waals surface area contributed by atoms with E-state index in [-0.39, 0.29) is 0 Å². The maximum Gasteiger partial charge on any atom is 0.0589 e. The van der Waals surface area contributed by atoms with E-state index < -0.39 is 0 Å². The van der Waals surface area contributed by atoms with E-state index in [0.717, 1.165) is 38.7 Å². The van der Waals surface area contributed by atoms with Crippen LogP contribution in [0.1, 0.15) is 29.9 Å². The van der Waals surface area contributed by atoms with Crippen LogP contribution in [0.4, 0.5) is 0 Å². The first-order valence-corrected chi connectivity index (χ1v) is 7.26. The second kappa shape index (κ2) is 7.63. The van der Waals surface area contributed by atoms with Crippen LogP contribution in [0, 0.1) is 0 Å². The molecule has 1 aliphatic rings. The molecule has 1 N–H and O–H groups in total. The predicted octanol–water partition coefficient (Wildman–Crippen LogP) is 2.23. The minimum atomic E-state index is 0.805. The van der Waals surface area contributed by atoms with Crippen LogP contribution < -0.4 is 5.32 Å². The van der Waals surface area contributed by atoms with E-state index in [9.17, 15) is 0 Å². The molecular formula is C16H26N2O. The fourth-order valence-corrected chi connectivity index (χ4v) is 2.19. The number of nitrogens with one attached hydrogen (secondary N) is 1. The van der Waals surface area contributed by atoms with Gasteiger partial charge in [0.15, 0.2) is 0 Å². The molecule has 3 heteroatoms. The van der Waals surface area contributed by atoms with E-state index in [1.807, 2.05) is 0 Å². The highest BCUT2D eigenvalue weighted by atomic mass is 16.5. The minimum absolute atomic E-state index is 0.805. The normalized spacial score (nSPS) is 15.1. The third-order valence-corrected chi connectivity index (χ3v) is 3.71. The molecule has 1 aromatic rings. The first-order chi connectivity index (χ1) is 9.29. The zero-order valence-corrected chi connectivity index (χ0v) is 12.2. The molecule has 0 spiro atoms. The lowest BCUT2D eigenvalue weighted by molar-refractivity contribution is 0.161. The summed E-state index contributed by atoms with van der Waals surface area (Å²) >= 11 is 0. The van der Waals surface area contributed by atoms with Crippen molar-refractivity contribution >= 4 is 0 Å². The Bertz CT molecular complexity index is 360. The molecule has 0 aliphatic heterocycles. The summed E-state index contributed by atoms with van der Waals surface area (Å²) in [6.07, 6.45) is 2.76. The van der Waals surface area contributed by atoms with Crippen LogP contribution in [0.3, 0.4) is 0 Å². The van der Waals surface area contributed by atoms with Gasteiger partial charge in [-0.3, -0.25) is 0 Å². The van der Waals surface area contributed by atoms with Crippen molar-refractivity contribution in [2.24, 2.45) is 0 Å². The Morgan fingerprint density at radius 3 is 2.58 bits per heavy atom. The summed E-state index contributed by atoms with van der Waals surface area (Å²) in [6, 6.07) is 9.10. The largest absolute Gasteiger partial charge is 0.383 e. The Balaban J connectivity index is 1.59. The highest BCUT2D eigenvalue weighted by molar-refractivity contribution is 5.27. The van der Waals surface area contributed by atoms with Gasteiger partial charge in [-0.25, -0.2) is 0 Å². The number of likely N-dealkylation sites (N-methyl/N-ethyl adjacent to an activating group) is 1. The summed E-state index contributed by atoms with van der Waals surface area (Å²) in [5, 5.41) is 3.49. The molecule has 1 saturated carbocycles. The molecule has 0 aromatic heterocycles. The van der Waals surface area contributed by atoms with Crippen LogP contribution >= 0.6 is 0 Å². The van der Waals surface area contributed by atoms with Gasteiger partial charge in [0.1, 0.15) is 0 Å². The number of rotatable bonds is 9. The molecule has 19 heavy (non-hydrogen) atoms. The van der Waals surface area contributed by atoms with Crippen molar-refractivity contribution in [3.05, 3.63) is 35.4 Å². The molecule has 3 nitrogen and oxygen atoms in total. The van der Waals surface area contributed by atoms with Gasteiger partial charge in [-0.2, -0.15) is 0 Å². The lowest BCUT2D eigenvalue weighted by Crippen LogP contribution is -2.31. The molecule has 0 saturated heterocycles. The average molecular weight is 262 g/mol. The molecule has 0 unspecified atom stereocenters. The summed E-state index contributed by atoms with van der Waals surface area (Å²) in [6.45, 7) is 4.84. The second-order valence-corrected chi connectivity index (χ2v) is 5.49. The van der Waals surface area contributed by atoms with Gasteiger partial charge in [0.25, 0.3) is 0 Å². The summed E-state index contributed by atoms with van der Waals surface area (Å²) < 4.78 is 5.06. The third-order valence-electron chi connectivity index (χ3n) is 3.71. The van der Waals surface area contributed by atoms with Crippen LogP contribution in [-0.2, 0) is 11.3 Å². The monoisotopic (exact) mass is 262 g/mol. The summed E-state index contributed by atoms with van der Waals surface area (Å²) in [4.78, 5) is 2.28. The van der Waals surface area contributed by atoms with Crippen LogP contribution in [-0.4, -0.2) is 45.3 Å². The van der Waals surface area contributed by atoms with E-state index in [2.05, 4.69) is 41.5 Å². The molecule has 1 fully saturated rings. The fraction of sp³-hybridized carbons (Fsp3) is 0.625. The molecule has 0 bridgehead atoms. The zero-order chi connectivity index (χ0) is 13.5. The van der Waals surface area contributed by atoms with Crippen molar-refractivity contribution in [1.82, 2.24) is 10.2 Å². The number of methoxy groups -OCH3 is 1. The number of hydrogen-bond acceptors (Lipinski definition) is 3. The molecule has 0 amide bonds. The summed E-state index contributed by atoms with van der Waals surface area (Å²) in [5.74, 6) is 0.858. The topological polar surface area (TPSA) is 24.5 Å². The van der Waals surface area contributed by atoms with Gasteiger partial charge in [-0.05, 0) is 36.9 Å². The van der Waals surface area contributed by atoms with Crippen LogP contribution in [0.5, 0.6) is 0 Å². The number of benzene rings is 1. The van der Waals surface area contributed by atoms with Gasteiger partial charge in [0.2, 0.25) is 0 Å². The standard InChI is InChI=1S/C16H26N2O/c1-18(11-12-19-2)10-9-17-13-14-3-5-15(6-4-14)16-7-8-16/h3-6,16-17H,7-13H2,1-2H3. The van der Waals surface area contributed by atoms with Crippen molar-refractivity contribution in [2.45, 2.75) is 25.3 Å². The second-order valence-electron chi connectivity index (χ2n) is 5.49. The van der Waals surface area contributed by atoms with Gasteiger partial charge in [-0.15, -0.1) is 0 Å². The zero-order valence-electron chi connectivity index (χ0n) is 12.2. The maximum atomic E-state index is 5.06. The van der Waals surface area contributed by atoms with E-state index in [4.69, 9.17) is 4.74 Å². The van der Waals surface area contributed by atoms with Crippen LogP contribution in [0.2, 0.25) is 0 Å². The molecule has 1 aliphatic carbocycles. The molecular weight excluding hydrogens is 236 g/mol. The highest BCUT2D eigenvalue weighted by Gasteiger charge is 2.22. The summed E-state index contributed by atoms with van der Waals surface area (Å²) in [5.41, 5.74) is 2.90. The van der Waals surface area contributed by atoms with Crippen molar-refractivity contribution in [3.63, 3.8) is 0 Å². The lowest BCUT2D eigenvalue weighted by atomic mass is 10.1. The quantitative estimate of drug-likeness (QED) is 0.691. The van der Waals surface area contributed by atoms with Gasteiger partial charge < -0.3 is 15.0 Å². The van der Waals surface area contributed by atoms with Crippen LogP contribution in [0.15, 0.2) is 24.3 Å². The first kappa shape index (κ1) is 14.5. The molecule has 1 aromatic carbocycles. The Morgan fingerprint density at radius 2 is 1.95 bits per heavy atom. The van der Waals surface area contributed by atoms with Gasteiger partial charge >= 0.3 is 0 Å². The Kier molecular flexibility index (Phi) is 5.83. The summed E-state index contributed by atoms with van der Waals surface area (Å²) in [7, 11) is 3.88. The molecule has 0 atom stereocenters. The average Bonchev–Trinajstić information content (AvgIpc) is 3.26. The van der Waals surface area contributed by atoms with Crippen LogP contribution in [0.25, 0.3) is 0 Å². The Hall–Kier alpha value is -0.900. The number of ether oxygens (including phenoxy) is 1. The van der Waals surface area contributed by atoms with E-state index in [0.29, 0.717) is 0 Å². The minimum Gasteiger partial charge on any atom is -0.383 e. The first-order valence-electron chi connectivity index (χ1n) is 7.26. The number of hydrogen-bond donors (Lipinski definition) is 1. The Labute approximate surface area is 116 Å². The van der Waals surface area contributed by atoms with Gasteiger partial charge in [-0.1, -0.05) is 24.3 Å². The van der Waals surface area contributed by atoms with Crippen molar-refractivity contribution in [2.75, 3.05) is 40.4 Å².